The predicted octanol–water partition coefficient (Wildman–Crippen LogP) is 8.65. The third kappa shape index (κ3) is 8.80. The van der Waals surface area contributed by atoms with E-state index in [1.807, 2.05) is 17.9 Å². The molecule has 2 saturated heterocycles. The summed E-state index contributed by atoms with van der Waals surface area (Å²) in [5.41, 5.74) is 2.32. The number of carbonyl (C=O) groups is 3. The van der Waals surface area contributed by atoms with Crippen LogP contribution in [-0.2, 0) is 42.1 Å². The lowest BCUT2D eigenvalue weighted by Gasteiger charge is -2.46. The number of nitrogens with one attached hydrogen (secondary N) is 1. The van der Waals surface area contributed by atoms with E-state index in [1.165, 1.54) is 24.3 Å². The molecule has 9 nitrogen and oxygen atoms in total. The van der Waals surface area contributed by atoms with Crippen molar-refractivity contribution in [2.45, 2.75) is 141 Å². The van der Waals surface area contributed by atoms with Crippen LogP contribution in [0.15, 0.2) is 42.5 Å². The van der Waals surface area contributed by atoms with Gasteiger partial charge in [0.2, 0.25) is 5.91 Å². The van der Waals surface area contributed by atoms with Crippen molar-refractivity contribution in [1.82, 2.24) is 14.8 Å². The van der Waals surface area contributed by atoms with Crippen LogP contribution in [0.2, 0.25) is 0 Å². The lowest BCUT2D eigenvalue weighted by atomic mass is 9.69. The van der Waals surface area contributed by atoms with Gasteiger partial charge in [-0.1, -0.05) is 26.0 Å². The summed E-state index contributed by atoms with van der Waals surface area (Å²) in [5, 5.41) is 4.26. The Hall–Kier alpha value is -3.83. The zero-order valence-corrected chi connectivity index (χ0v) is 34.2. The monoisotopic (exact) mass is 789 g/mol. The summed E-state index contributed by atoms with van der Waals surface area (Å²) in [6.07, 6.45) is 10.6. The van der Waals surface area contributed by atoms with Crippen molar-refractivity contribution in [2.75, 3.05) is 26.4 Å². The summed E-state index contributed by atoms with van der Waals surface area (Å²) in [7, 11) is 0. The molecule has 0 bridgehead atoms. The van der Waals surface area contributed by atoms with E-state index in [9.17, 15) is 18.8 Å². The predicted molar refractivity (Wildman–Crippen MR) is 215 cm³/mol. The summed E-state index contributed by atoms with van der Waals surface area (Å²) < 4.78 is 48.2. The highest BCUT2D eigenvalue weighted by molar-refractivity contribution is 5.96. The molecule has 7 rings (SSSR count). The normalized spacial score (nSPS) is 28.6. The Balaban J connectivity index is 1.10. The Labute approximate surface area is 336 Å². The number of ether oxygens (including phenoxy) is 3. The number of fused-ring (bicyclic) bond motifs is 1. The van der Waals surface area contributed by atoms with Crippen molar-refractivity contribution in [2.24, 2.45) is 17.8 Å². The van der Waals surface area contributed by atoms with Crippen molar-refractivity contribution < 1.29 is 37.4 Å². The number of hydrogen-bond donors (Lipinski definition) is 1. The molecule has 2 amide bonds. The van der Waals surface area contributed by atoms with Crippen LogP contribution in [0, 0.1) is 29.4 Å². The maximum atomic E-state index is 15.0. The number of esters is 1. The molecule has 57 heavy (non-hydrogen) atoms. The molecule has 4 fully saturated rings. The Kier molecular flexibility index (Phi) is 13.0. The van der Waals surface area contributed by atoms with Gasteiger partial charge < -0.3 is 24.4 Å². The van der Waals surface area contributed by atoms with Gasteiger partial charge in [-0.25, -0.2) is 13.6 Å². The summed E-state index contributed by atoms with van der Waals surface area (Å²) in [5.74, 6) is -0.778. The van der Waals surface area contributed by atoms with Gasteiger partial charge in [0.1, 0.15) is 11.6 Å². The molecule has 0 radical (unpaired) electrons. The number of rotatable bonds is 10. The number of benzene rings is 2. The number of hydrogen-bond acceptors (Lipinski definition) is 6. The van der Waals surface area contributed by atoms with Crippen molar-refractivity contribution in [3.05, 3.63) is 70.9 Å². The molecule has 3 aromatic rings. The molecule has 310 valence electrons. The third-order valence-corrected chi connectivity index (χ3v) is 13.6. The summed E-state index contributed by atoms with van der Waals surface area (Å²) in [4.78, 5) is 43.8. The minimum absolute atomic E-state index is 0.0611. The molecular weight excluding hydrogens is 729 g/mol. The van der Waals surface area contributed by atoms with Gasteiger partial charge in [0, 0.05) is 42.9 Å². The fourth-order valence-electron chi connectivity index (χ4n) is 10.5. The molecule has 3 heterocycles. The Morgan fingerprint density at radius 1 is 0.895 bits per heavy atom. The molecule has 0 spiro atoms. The molecule has 11 heteroatoms. The number of piperidine rings is 1. The van der Waals surface area contributed by atoms with Gasteiger partial charge in [0.25, 0.3) is 0 Å². The van der Waals surface area contributed by atoms with Crippen LogP contribution in [0.4, 0.5) is 13.6 Å². The first-order valence-electron chi connectivity index (χ1n) is 21.6. The largest absolute Gasteiger partial charge is 0.466 e. The maximum absolute atomic E-state index is 15.0. The second kappa shape index (κ2) is 18.0. The highest BCUT2D eigenvalue weighted by atomic mass is 19.1. The topological polar surface area (TPSA) is 99.1 Å². The smallest absolute Gasteiger partial charge is 0.329 e. The van der Waals surface area contributed by atoms with Gasteiger partial charge in [0.15, 0.2) is 0 Å². The quantitative estimate of drug-likeness (QED) is 0.207. The number of nitrogens with zero attached hydrogens (tertiary/aromatic N) is 2. The zero-order valence-electron chi connectivity index (χ0n) is 34.2. The molecule has 2 aliphatic heterocycles. The Bertz CT molecular complexity index is 1880. The van der Waals surface area contributed by atoms with Gasteiger partial charge in [-0.2, -0.15) is 0 Å². The van der Waals surface area contributed by atoms with E-state index in [4.69, 9.17) is 14.2 Å². The number of aromatic nitrogens is 1. The summed E-state index contributed by atoms with van der Waals surface area (Å²) >= 11 is 0. The van der Waals surface area contributed by atoms with E-state index >= 15 is 4.39 Å². The highest BCUT2D eigenvalue weighted by Gasteiger charge is 2.48. The van der Waals surface area contributed by atoms with Gasteiger partial charge in [0.05, 0.1) is 35.7 Å². The van der Waals surface area contributed by atoms with Gasteiger partial charge in [-0.3, -0.25) is 14.2 Å². The van der Waals surface area contributed by atoms with Gasteiger partial charge in [-0.05, 0) is 151 Å². The number of likely N-dealkylation sites (tertiary alicyclic amines) is 1. The van der Waals surface area contributed by atoms with E-state index in [-0.39, 0.29) is 59.9 Å². The van der Waals surface area contributed by atoms with Crippen molar-refractivity contribution in [3.63, 3.8) is 0 Å². The molecule has 2 aromatic carbocycles. The summed E-state index contributed by atoms with van der Waals surface area (Å²) in [6.45, 7) is 10.1. The van der Waals surface area contributed by atoms with Crippen LogP contribution in [-0.4, -0.2) is 78.0 Å². The first-order valence-corrected chi connectivity index (χ1v) is 21.6. The number of amides is 2. The van der Waals surface area contributed by atoms with Gasteiger partial charge in [-0.15, -0.1) is 0 Å². The van der Waals surface area contributed by atoms with Crippen LogP contribution in [0.5, 0.6) is 0 Å². The fourth-order valence-corrected chi connectivity index (χ4v) is 10.5. The minimum atomic E-state index is -1.00. The van der Waals surface area contributed by atoms with Crippen LogP contribution in [0.3, 0.4) is 0 Å². The first-order chi connectivity index (χ1) is 27.5. The lowest BCUT2D eigenvalue weighted by molar-refractivity contribution is -0.149. The minimum Gasteiger partial charge on any atom is -0.466 e. The molecule has 5 atom stereocenters. The Morgan fingerprint density at radius 3 is 2.26 bits per heavy atom. The average molecular weight is 790 g/mol. The van der Waals surface area contributed by atoms with E-state index in [2.05, 4.69) is 19.2 Å². The SMILES string of the molecule is CCOC(=O)[C@H]1CC[C@H](NC(=O)[C@@]2(c3ccc(F)cc3)CCN(C(=O)n3c(CC)c(CC4CCC(OC5CCOCC5)CC4)c4ccc(F)cc43)[C@@H](C)C2)[C@@H](C)C1. The van der Waals surface area contributed by atoms with Gasteiger partial charge >= 0.3 is 12.0 Å². The first kappa shape index (κ1) is 41.3. The zero-order chi connectivity index (χ0) is 40.3. The molecule has 2 aliphatic carbocycles. The van der Waals surface area contributed by atoms with E-state index in [0.717, 1.165) is 74.8 Å². The van der Waals surface area contributed by atoms with Crippen LogP contribution in [0.1, 0.15) is 115 Å². The van der Waals surface area contributed by atoms with Crippen LogP contribution >= 0.6 is 0 Å². The standard InChI is InChI=1S/C46H61F2N3O6/c1-5-41-39(26-31-7-15-36(16-8-31)57-37-19-23-55-24-20-37)38-17-14-35(48)27-42(38)51(41)45(54)50-22-21-46(28-30(50)4,33-10-12-34(47)13-11-33)44(53)49-40-18-9-32(25-29(40)3)43(52)56-6-2/h10-14,17,27,29-32,36-37,40H,5-9,15-16,18-26,28H2,1-4H3,(H,49,53)/t29-,30-,31?,32-,36?,40-,46-/m0/s1. The maximum Gasteiger partial charge on any atom is 0.329 e. The second-order valence-corrected chi connectivity index (χ2v) is 17.3. The van der Waals surface area contributed by atoms with Crippen molar-refractivity contribution >= 4 is 28.8 Å². The number of halogens is 2. The molecular formula is C46H61F2N3O6. The fraction of sp³-hybridized carbons (Fsp3) is 0.630. The van der Waals surface area contributed by atoms with E-state index < -0.39 is 11.2 Å². The second-order valence-electron chi connectivity index (χ2n) is 17.3. The molecule has 4 aliphatic rings. The van der Waals surface area contributed by atoms with Crippen LogP contribution in [0.25, 0.3) is 10.9 Å². The van der Waals surface area contributed by atoms with Crippen molar-refractivity contribution in [1.29, 1.82) is 0 Å². The van der Waals surface area contributed by atoms with E-state index in [0.29, 0.717) is 68.7 Å². The molecule has 2 saturated carbocycles. The lowest BCUT2D eigenvalue weighted by Crippen LogP contribution is -2.58. The van der Waals surface area contributed by atoms with Crippen molar-refractivity contribution in [3.8, 4) is 0 Å². The highest BCUT2D eigenvalue weighted by Crippen LogP contribution is 2.42. The number of carbonyl (C=O) groups excluding carboxylic acids is 3. The van der Waals surface area contributed by atoms with Crippen LogP contribution < -0.4 is 5.32 Å². The Morgan fingerprint density at radius 2 is 1.60 bits per heavy atom. The van der Waals surface area contributed by atoms with E-state index in [1.54, 1.807) is 23.6 Å². The molecule has 1 N–H and O–H groups in total. The molecule has 0 unspecified atom stereocenters. The molecule has 1 aromatic heterocycles. The average Bonchev–Trinajstić information content (AvgIpc) is 3.51. The third-order valence-electron chi connectivity index (χ3n) is 13.6. The summed E-state index contributed by atoms with van der Waals surface area (Å²) in [6, 6.07) is 10.3.